The summed E-state index contributed by atoms with van der Waals surface area (Å²) in [4.78, 5) is 6.62. The van der Waals surface area contributed by atoms with Crippen LogP contribution in [0.5, 0.6) is 0 Å². The number of hydrogen-bond donors (Lipinski definition) is 2. The Bertz CT molecular complexity index is 621. The van der Waals surface area contributed by atoms with Gasteiger partial charge in [0.05, 0.1) is 0 Å². The van der Waals surface area contributed by atoms with E-state index in [0.29, 0.717) is 0 Å². The quantitative estimate of drug-likeness (QED) is 0.634. The van der Waals surface area contributed by atoms with Crippen LogP contribution in [0.15, 0.2) is 42.6 Å². The van der Waals surface area contributed by atoms with Crippen LogP contribution in [0.3, 0.4) is 0 Å². The Hall–Kier alpha value is -2.36. The molecule has 0 saturated heterocycles. The largest absolute Gasteiger partial charge is 0.384 e. The van der Waals surface area contributed by atoms with Crippen molar-refractivity contribution < 1.29 is 0 Å². The summed E-state index contributed by atoms with van der Waals surface area (Å²) in [5.41, 5.74) is 9.02. The number of nitrogen functional groups attached to an aromatic ring is 1. The summed E-state index contributed by atoms with van der Waals surface area (Å²) in [6.07, 6.45) is 2.74. The van der Waals surface area contributed by atoms with E-state index in [1.165, 1.54) is 11.1 Å². The first-order chi connectivity index (χ1) is 9.24. The molecule has 0 amide bonds. The van der Waals surface area contributed by atoms with Crippen LogP contribution in [0, 0.1) is 5.41 Å². The average Bonchev–Trinajstić information content (AvgIpc) is 2.47. The van der Waals surface area contributed by atoms with Crippen LogP contribution < -0.4 is 10.6 Å². The normalized spacial score (nSPS) is 14.0. The number of fused-ring (bicyclic) bond motifs is 1. The smallest absolute Gasteiger partial charge is 0.129 e. The van der Waals surface area contributed by atoms with Crippen molar-refractivity contribution in [1.82, 2.24) is 4.98 Å². The summed E-state index contributed by atoms with van der Waals surface area (Å²) in [7, 11) is 0. The first kappa shape index (κ1) is 11.7. The molecular weight excluding hydrogens is 236 g/mol. The Labute approximate surface area is 112 Å². The van der Waals surface area contributed by atoms with E-state index in [2.05, 4.69) is 34.1 Å². The molecule has 3 rings (SSSR count). The topological polar surface area (TPSA) is 66.0 Å². The summed E-state index contributed by atoms with van der Waals surface area (Å²) in [5.74, 6) is 0.975. The third kappa shape index (κ3) is 2.29. The number of benzene rings is 1. The minimum absolute atomic E-state index is 0.0843. The van der Waals surface area contributed by atoms with Crippen LogP contribution in [0.4, 0.5) is 5.82 Å². The third-order valence-corrected chi connectivity index (χ3v) is 3.51. The number of hydrogen-bond acceptors (Lipinski definition) is 3. The van der Waals surface area contributed by atoms with Crippen molar-refractivity contribution in [3.8, 4) is 0 Å². The summed E-state index contributed by atoms with van der Waals surface area (Å²) in [5, 5.41) is 7.49. The molecule has 0 atom stereocenters. The molecule has 4 heteroatoms. The first-order valence-corrected chi connectivity index (χ1v) is 6.36. The maximum absolute atomic E-state index is 7.49. The minimum atomic E-state index is 0.0843. The predicted octanol–water partition coefficient (Wildman–Crippen LogP) is 1.93. The van der Waals surface area contributed by atoms with E-state index in [4.69, 9.17) is 11.1 Å². The summed E-state index contributed by atoms with van der Waals surface area (Å²) < 4.78 is 0. The number of aromatic nitrogens is 1. The molecule has 0 fully saturated rings. The summed E-state index contributed by atoms with van der Waals surface area (Å²) in [6.45, 7) is 1.82. The molecule has 19 heavy (non-hydrogen) atoms. The Morgan fingerprint density at radius 3 is 2.79 bits per heavy atom. The van der Waals surface area contributed by atoms with Crippen molar-refractivity contribution in [1.29, 1.82) is 5.41 Å². The lowest BCUT2D eigenvalue weighted by molar-refractivity contribution is 0.721. The van der Waals surface area contributed by atoms with Gasteiger partial charge in [-0.15, -0.1) is 0 Å². The number of nitrogens with zero attached hydrogens (tertiary/aromatic N) is 2. The van der Waals surface area contributed by atoms with Crippen molar-refractivity contribution in [3.05, 3.63) is 59.3 Å². The van der Waals surface area contributed by atoms with Crippen LogP contribution in [0.1, 0.15) is 16.7 Å². The highest BCUT2D eigenvalue weighted by molar-refractivity contribution is 5.95. The zero-order valence-corrected chi connectivity index (χ0v) is 10.6. The molecule has 0 aliphatic carbocycles. The van der Waals surface area contributed by atoms with E-state index in [1.54, 1.807) is 12.3 Å². The van der Waals surface area contributed by atoms with Crippen LogP contribution >= 0.6 is 0 Å². The molecule has 1 aliphatic heterocycles. The van der Waals surface area contributed by atoms with Crippen LogP contribution in [0.25, 0.3) is 0 Å². The molecule has 96 valence electrons. The predicted molar refractivity (Wildman–Crippen MR) is 76.4 cm³/mol. The number of pyridine rings is 1. The lowest BCUT2D eigenvalue weighted by Crippen LogP contribution is -2.31. The molecular formula is C15H16N4. The SMILES string of the molecule is N=C(N)c1ccnc(N2CCc3ccccc3C2)c1. The van der Waals surface area contributed by atoms with E-state index in [9.17, 15) is 0 Å². The van der Waals surface area contributed by atoms with Gasteiger partial charge in [-0.1, -0.05) is 24.3 Å². The Morgan fingerprint density at radius 2 is 2.00 bits per heavy atom. The van der Waals surface area contributed by atoms with Gasteiger partial charge >= 0.3 is 0 Å². The van der Waals surface area contributed by atoms with E-state index < -0.39 is 0 Å². The zero-order valence-electron chi connectivity index (χ0n) is 10.6. The number of nitrogens with one attached hydrogen (secondary N) is 1. The fourth-order valence-corrected chi connectivity index (χ4v) is 2.45. The molecule has 1 aliphatic rings. The minimum Gasteiger partial charge on any atom is -0.384 e. The third-order valence-electron chi connectivity index (χ3n) is 3.51. The van der Waals surface area contributed by atoms with Crippen LogP contribution in [-0.2, 0) is 13.0 Å². The molecule has 2 aromatic rings. The number of amidine groups is 1. The second-order valence-electron chi connectivity index (χ2n) is 4.76. The zero-order chi connectivity index (χ0) is 13.2. The molecule has 0 unspecified atom stereocenters. The van der Waals surface area contributed by atoms with Crippen molar-refractivity contribution in [2.75, 3.05) is 11.4 Å². The fourth-order valence-electron chi connectivity index (χ4n) is 2.45. The monoisotopic (exact) mass is 252 g/mol. The van der Waals surface area contributed by atoms with Gasteiger partial charge in [0.25, 0.3) is 0 Å². The maximum Gasteiger partial charge on any atom is 0.129 e. The van der Waals surface area contributed by atoms with Crippen molar-refractivity contribution in [2.45, 2.75) is 13.0 Å². The summed E-state index contributed by atoms with van der Waals surface area (Å²) >= 11 is 0. The van der Waals surface area contributed by atoms with E-state index >= 15 is 0 Å². The standard InChI is InChI=1S/C15H16N4/c16-15(17)12-5-7-18-14(9-12)19-8-6-11-3-1-2-4-13(11)10-19/h1-5,7,9H,6,8,10H2,(H3,16,17). The molecule has 0 spiro atoms. The number of anilines is 1. The second-order valence-corrected chi connectivity index (χ2v) is 4.76. The molecule has 3 N–H and O–H groups in total. The Kier molecular flexibility index (Phi) is 2.91. The molecule has 0 saturated carbocycles. The highest BCUT2D eigenvalue weighted by Crippen LogP contribution is 2.23. The van der Waals surface area contributed by atoms with Crippen LogP contribution in [-0.4, -0.2) is 17.4 Å². The van der Waals surface area contributed by atoms with Gasteiger partial charge < -0.3 is 10.6 Å². The van der Waals surface area contributed by atoms with Gasteiger partial charge in [0.2, 0.25) is 0 Å². The molecule has 0 bridgehead atoms. The van der Waals surface area contributed by atoms with Gasteiger partial charge in [0.15, 0.2) is 0 Å². The van der Waals surface area contributed by atoms with Crippen molar-refractivity contribution in [2.24, 2.45) is 5.73 Å². The Morgan fingerprint density at radius 1 is 1.21 bits per heavy atom. The molecule has 4 nitrogen and oxygen atoms in total. The highest BCUT2D eigenvalue weighted by Gasteiger charge is 2.17. The Balaban J connectivity index is 1.89. The number of rotatable bonds is 2. The molecule has 1 aromatic carbocycles. The van der Waals surface area contributed by atoms with E-state index in [-0.39, 0.29) is 5.84 Å². The maximum atomic E-state index is 7.49. The number of nitrogens with two attached hydrogens (primary N) is 1. The van der Waals surface area contributed by atoms with E-state index in [0.717, 1.165) is 30.9 Å². The van der Waals surface area contributed by atoms with Gasteiger partial charge in [-0.3, -0.25) is 5.41 Å². The lowest BCUT2D eigenvalue weighted by atomic mass is 10.00. The first-order valence-electron chi connectivity index (χ1n) is 6.36. The molecule has 0 radical (unpaired) electrons. The fraction of sp³-hybridized carbons (Fsp3) is 0.200. The second kappa shape index (κ2) is 4.72. The van der Waals surface area contributed by atoms with Gasteiger partial charge in [-0.2, -0.15) is 0 Å². The summed E-state index contributed by atoms with van der Waals surface area (Å²) in [6, 6.07) is 12.2. The van der Waals surface area contributed by atoms with Gasteiger partial charge in [-0.25, -0.2) is 4.98 Å². The van der Waals surface area contributed by atoms with E-state index in [1.807, 2.05) is 6.07 Å². The van der Waals surface area contributed by atoms with Crippen molar-refractivity contribution in [3.63, 3.8) is 0 Å². The molecule has 1 aromatic heterocycles. The lowest BCUT2D eigenvalue weighted by Gasteiger charge is -2.29. The molecule has 2 heterocycles. The van der Waals surface area contributed by atoms with Gasteiger partial charge in [0.1, 0.15) is 11.7 Å². The van der Waals surface area contributed by atoms with Gasteiger partial charge in [0, 0.05) is 24.8 Å². The van der Waals surface area contributed by atoms with Gasteiger partial charge in [-0.05, 0) is 29.7 Å². The highest BCUT2D eigenvalue weighted by atomic mass is 15.2. The van der Waals surface area contributed by atoms with Crippen molar-refractivity contribution >= 4 is 11.7 Å². The average molecular weight is 252 g/mol. The van der Waals surface area contributed by atoms with Crippen LogP contribution in [0.2, 0.25) is 0 Å².